The molecule has 1 amide bonds. The highest BCUT2D eigenvalue weighted by atomic mass is 16.4. The van der Waals surface area contributed by atoms with Crippen molar-refractivity contribution in [1.82, 2.24) is 19.7 Å². The number of nitrogens with one attached hydrogen (secondary N) is 2. The minimum Gasteiger partial charge on any atom is -0.443 e. The van der Waals surface area contributed by atoms with Crippen molar-refractivity contribution in [2.75, 3.05) is 5.32 Å². The summed E-state index contributed by atoms with van der Waals surface area (Å²) in [5.41, 5.74) is 0.346. The van der Waals surface area contributed by atoms with Crippen LogP contribution < -0.4 is 5.32 Å². The second kappa shape index (κ2) is 4.97. The summed E-state index contributed by atoms with van der Waals surface area (Å²) < 4.78 is 7.19. The van der Waals surface area contributed by atoms with E-state index in [0.717, 1.165) is 0 Å². The molecular weight excluding hydrogens is 272 g/mol. The fourth-order valence-corrected chi connectivity index (χ4v) is 1.99. The minimum atomic E-state index is -0.483. The molecule has 3 aromatic heterocycles. The lowest BCUT2D eigenvalue weighted by Crippen LogP contribution is -2.15. The van der Waals surface area contributed by atoms with Crippen LogP contribution in [0.4, 0.5) is 5.95 Å². The Kier molecular flexibility index (Phi) is 3.00. The minimum absolute atomic E-state index is 0.167. The Balaban J connectivity index is 2.03. The van der Waals surface area contributed by atoms with Crippen LogP contribution in [0.3, 0.4) is 0 Å². The predicted molar refractivity (Wildman–Crippen MR) is 71.8 cm³/mol. The average molecular weight is 282 g/mol. The van der Waals surface area contributed by atoms with Gasteiger partial charge >= 0.3 is 0 Å². The smallest absolute Gasteiger partial charge is 0.262 e. The maximum atomic E-state index is 12.3. The molecule has 0 atom stereocenters. The highest BCUT2D eigenvalue weighted by Gasteiger charge is 2.24. The van der Waals surface area contributed by atoms with Gasteiger partial charge in [0.1, 0.15) is 29.3 Å². The SMILES string of the molecule is Cc1oc(-n2cccc2)c(C#N)c1C(=O)Nc1ncn[nH]1. The summed E-state index contributed by atoms with van der Waals surface area (Å²) in [6, 6.07) is 5.61. The van der Waals surface area contributed by atoms with Gasteiger partial charge in [-0.1, -0.05) is 0 Å². The van der Waals surface area contributed by atoms with E-state index in [9.17, 15) is 10.1 Å². The van der Waals surface area contributed by atoms with Crippen LogP contribution >= 0.6 is 0 Å². The van der Waals surface area contributed by atoms with Crippen molar-refractivity contribution in [2.24, 2.45) is 0 Å². The predicted octanol–water partition coefficient (Wildman–Crippen LogP) is 1.62. The number of hydrogen-bond donors (Lipinski definition) is 2. The lowest BCUT2D eigenvalue weighted by atomic mass is 10.1. The van der Waals surface area contributed by atoms with E-state index < -0.39 is 5.91 Å². The normalized spacial score (nSPS) is 10.3. The van der Waals surface area contributed by atoms with Crippen molar-refractivity contribution in [2.45, 2.75) is 6.92 Å². The van der Waals surface area contributed by atoms with Crippen molar-refractivity contribution >= 4 is 11.9 Å². The van der Waals surface area contributed by atoms with Gasteiger partial charge in [-0.15, -0.1) is 0 Å². The van der Waals surface area contributed by atoms with Crippen LogP contribution in [0.5, 0.6) is 0 Å². The van der Waals surface area contributed by atoms with Crippen LogP contribution in [0.2, 0.25) is 0 Å². The summed E-state index contributed by atoms with van der Waals surface area (Å²) in [4.78, 5) is 16.1. The number of rotatable bonds is 3. The van der Waals surface area contributed by atoms with Gasteiger partial charge in [-0.3, -0.25) is 14.7 Å². The van der Waals surface area contributed by atoms with Crippen LogP contribution in [0.1, 0.15) is 21.7 Å². The number of amides is 1. The van der Waals surface area contributed by atoms with Crippen LogP contribution in [-0.4, -0.2) is 25.7 Å². The molecule has 0 saturated heterocycles. The lowest BCUT2D eigenvalue weighted by Gasteiger charge is -2.00. The molecule has 3 aromatic rings. The first kappa shape index (κ1) is 12.7. The van der Waals surface area contributed by atoms with Gasteiger partial charge in [0.05, 0.1) is 0 Å². The highest BCUT2D eigenvalue weighted by Crippen LogP contribution is 2.25. The molecule has 3 rings (SSSR count). The number of carbonyl (C=O) groups excluding carboxylic acids is 1. The Hall–Kier alpha value is -3.34. The van der Waals surface area contributed by atoms with Crippen molar-refractivity contribution in [3.8, 4) is 12.0 Å². The summed E-state index contributed by atoms with van der Waals surface area (Å²) in [5.74, 6) is 0.380. The Labute approximate surface area is 119 Å². The van der Waals surface area contributed by atoms with Crippen molar-refractivity contribution in [1.29, 1.82) is 5.26 Å². The molecule has 0 radical (unpaired) electrons. The van der Waals surface area contributed by atoms with Gasteiger partial charge < -0.3 is 4.42 Å². The third-order valence-corrected chi connectivity index (χ3v) is 2.89. The van der Waals surface area contributed by atoms with E-state index in [4.69, 9.17) is 4.42 Å². The molecule has 0 aliphatic rings. The molecule has 104 valence electrons. The fourth-order valence-electron chi connectivity index (χ4n) is 1.99. The first-order valence-corrected chi connectivity index (χ1v) is 6.04. The second-order valence-corrected chi connectivity index (χ2v) is 4.20. The summed E-state index contributed by atoms with van der Waals surface area (Å²) >= 11 is 0. The van der Waals surface area contributed by atoms with Gasteiger partial charge in [-0.05, 0) is 19.1 Å². The maximum absolute atomic E-state index is 12.3. The quantitative estimate of drug-likeness (QED) is 0.758. The van der Waals surface area contributed by atoms with E-state index in [2.05, 4.69) is 20.5 Å². The molecule has 0 bridgehead atoms. The van der Waals surface area contributed by atoms with Crippen LogP contribution in [-0.2, 0) is 0 Å². The molecule has 0 aliphatic carbocycles. The molecular formula is C13H10N6O2. The fraction of sp³-hybridized carbons (Fsp3) is 0.0769. The standard InChI is InChI=1S/C13H10N6O2/c1-8-10(11(20)17-13-15-7-16-18-13)9(6-14)12(21-8)19-4-2-3-5-19/h2-5,7H,1H3,(H2,15,16,17,18,20). The number of aryl methyl sites for hydroxylation is 1. The topological polar surface area (TPSA) is 113 Å². The number of anilines is 1. The third-order valence-electron chi connectivity index (χ3n) is 2.89. The number of aromatic nitrogens is 4. The van der Waals surface area contributed by atoms with Crippen LogP contribution in [0.15, 0.2) is 35.3 Å². The summed E-state index contributed by atoms with van der Waals surface area (Å²) in [6.07, 6.45) is 4.74. The molecule has 21 heavy (non-hydrogen) atoms. The zero-order valence-corrected chi connectivity index (χ0v) is 11.0. The number of nitriles is 1. The Morgan fingerprint density at radius 3 is 2.86 bits per heavy atom. The highest BCUT2D eigenvalue weighted by molar-refractivity contribution is 6.06. The second-order valence-electron chi connectivity index (χ2n) is 4.20. The number of carbonyl (C=O) groups is 1. The molecule has 0 unspecified atom stereocenters. The molecule has 0 aliphatic heterocycles. The van der Waals surface area contributed by atoms with E-state index in [-0.39, 0.29) is 17.1 Å². The van der Waals surface area contributed by atoms with Crippen molar-refractivity contribution < 1.29 is 9.21 Å². The Bertz CT molecular complexity index is 808. The Morgan fingerprint density at radius 2 is 2.24 bits per heavy atom. The average Bonchev–Trinajstić information content (AvgIpc) is 3.17. The van der Waals surface area contributed by atoms with E-state index in [1.807, 2.05) is 6.07 Å². The molecule has 0 fully saturated rings. The van der Waals surface area contributed by atoms with Gasteiger partial charge in [0.15, 0.2) is 0 Å². The molecule has 8 heteroatoms. The third kappa shape index (κ3) is 2.17. The molecule has 2 N–H and O–H groups in total. The monoisotopic (exact) mass is 282 g/mol. The van der Waals surface area contributed by atoms with Crippen molar-refractivity contribution in [3.63, 3.8) is 0 Å². The van der Waals surface area contributed by atoms with Gasteiger partial charge in [0.25, 0.3) is 5.91 Å². The van der Waals surface area contributed by atoms with Gasteiger partial charge in [0.2, 0.25) is 11.8 Å². The zero-order valence-electron chi connectivity index (χ0n) is 11.0. The number of hydrogen-bond acceptors (Lipinski definition) is 5. The van der Waals surface area contributed by atoms with Gasteiger partial charge in [0, 0.05) is 12.4 Å². The van der Waals surface area contributed by atoms with E-state index >= 15 is 0 Å². The van der Waals surface area contributed by atoms with Crippen LogP contribution in [0, 0.1) is 18.3 Å². The van der Waals surface area contributed by atoms with Gasteiger partial charge in [-0.25, -0.2) is 5.10 Å². The zero-order chi connectivity index (χ0) is 14.8. The molecule has 0 aromatic carbocycles. The maximum Gasteiger partial charge on any atom is 0.262 e. The van der Waals surface area contributed by atoms with Gasteiger partial charge in [-0.2, -0.15) is 15.3 Å². The molecule has 3 heterocycles. The largest absolute Gasteiger partial charge is 0.443 e. The van der Waals surface area contributed by atoms with Crippen LogP contribution in [0.25, 0.3) is 5.88 Å². The lowest BCUT2D eigenvalue weighted by molar-refractivity contribution is 0.102. The van der Waals surface area contributed by atoms with E-state index in [1.165, 1.54) is 6.33 Å². The molecule has 8 nitrogen and oxygen atoms in total. The Morgan fingerprint density at radius 1 is 1.48 bits per heavy atom. The first-order valence-electron chi connectivity index (χ1n) is 6.04. The van der Waals surface area contributed by atoms with Crippen molar-refractivity contribution in [3.05, 3.63) is 47.7 Å². The number of nitrogens with zero attached hydrogens (tertiary/aromatic N) is 4. The first-order chi connectivity index (χ1) is 10.2. The number of aromatic amines is 1. The molecule has 0 saturated carbocycles. The summed E-state index contributed by atoms with van der Waals surface area (Å²) in [5, 5.41) is 18.0. The molecule has 0 spiro atoms. The van der Waals surface area contributed by atoms with E-state index in [0.29, 0.717) is 11.6 Å². The van der Waals surface area contributed by atoms with E-state index in [1.54, 1.807) is 36.0 Å². The number of furan rings is 1. The number of H-pyrrole nitrogens is 1. The summed E-state index contributed by atoms with van der Waals surface area (Å²) in [6.45, 7) is 1.63. The summed E-state index contributed by atoms with van der Waals surface area (Å²) in [7, 11) is 0.